The number of hydrogen-bond acceptors (Lipinski definition) is 5. The summed E-state index contributed by atoms with van der Waals surface area (Å²) in [6.45, 7) is 2.27. The lowest BCUT2D eigenvalue weighted by molar-refractivity contribution is -0.118. The number of rotatable bonds is 6. The number of nitrogens with one attached hydrogen (secondary N) is 1. The van der Waals surface area contributed by atoms with Crippen LogP contribution in [0.1, 0.15) is 35.9 Å². The summed E-state index contributed by atoms with van der Waals surface area (Å²) in [7, 11) is 2.18. The summed E-state index contributed by atoms with van der Waals surface area (Å²) < 4.78 is 1.52. The number of pyridine rings is 1. The number of anilines is 1. The van der Waals surface area contributed by atoms with Crippen molar-refractivity contribution < 1.29 is 4.79 Å². The van der Waals surface area contributed by atoms with Crippen molar-refractivity contribution in [2.45, 2.75) is 24.8 Å². The molecule has 1 amide bonds. The Bertz CT molecular complexity index is 1640. The van der Waals surface area contributed by atoms with Gasteiger partial charge in [-0.25, -0.2) is 4.98 Å². The number of carbonyl (C=O) groups excluding carboxylic acids is 1. The molecule has 7 heteroatoms. The summed E-state index contributed by atoms with van der Waals surface area (Å²) in [5, 5.41) is 6.60. The van der Waals surface area contributed by atoms with E-state index in [9.17, 15) is 9.59 Å². The van der Waals surface area contributed by atoms with Crippen LogP contribution in [0.25, 0.3) is 21.9 Å². The van der Waals surface area contributed by atoms with E-state index in [0.717, 1.165) is 35.2 Å². The van der Waals surface area contributed by atoms with Crippen molar-refractivity contribution in [1.29, 1.82) is 0 Å². The van der Waals surface area contributed by atoms with E-state index in [4.69, 9.17) is 0 Å². The molecule has 1 N–H and O–H groups in total. The summed E-state index contributed by atoms with van der Waals surface area (Å²) in [5.41, 5.74) is 3.96. The molecule has 1 saturated heterocycles. The fraction of sp³-hybridized carbons (Fsp3) is 0.219. The number of piperidine rings is 1. The Kier molecular flexibility index (Phi) is 7.09. The Morgan fingerprint density at radius 2 is 1.72 bits per heavy atom. The Balaban J connectivity index is 1.35. The molecular weight excluding hydrogens is 504 g/mol. The van der Waals surface area contributed by atoms with Crippen LogP contribution in [-0.2, 0) is 4.79 Å². The first-order valence-corrected chi connectivity index (χ1v) is 14.1. The van der Waals surface area contributed by atoms with Crippen LogP contribution in [0.4, 0.5) is 5.13 Å². The Labute approximate surface area is 231 Å². The van der Waals surface area contributed by atoms with E-state index < -0.39 is 6.04 Å². The number of carbonyl (C=O) groups is 1. The van der Waals surface area contributed by atoms with E-state index in [1.807, 2.05) is 48.5 Å². The number of amides is 1. The molecule has 196 valence electrons. The van der Waals surface area contributed by atoms with E-state index >= 15 is 0 Å². The Morgan fingerprint density at radius 3 is 2.44 bits per heavy atom. The summed E-state index contributed by atoms with van der Waals surface area (Å²) in [6.07, 6.45) is 5.72. The molecule has 1 aliphatic heterocycles. The van der Waals surface area contributed by atoms with Gasteiger partial charge in [0.2, 0.25) is 0 Å². The van der Waals surface area contributed by atoms with Gasteiger partial charge >= 0.3 is 0 Å². The molecule has 0 aliphatic carbocycles. The van der Waals surface area contributed by atoms with Gasteiger partial charge in [-0.15, -0.1) is 11.3 Å². The number of thiazole rings is 1. The largest absolute Gasteiger partial charge is 0.306 e. The first kappa shape index (κ1) is 25.2. The van der Waals surface area contributed by atoms with Crippen LogP contribution in [-0.4, -0.2) is 40.5 Å². The van der Waals surface area contributed by atoms with Crippen molar-refractivity contribution in [1.82, 2.24) is 14.5 Å². The van der Waals surface area contributed by atoms with E-state index in [1.165, 1.54) is 34.3 Å². The van der Waals surface area contributed by atoms with E-state index in [0.29, 0.717) is 16.4 Å². The van der Waals surface area contributed by atoms with Crippen LogP contribution in [0.2, 0.25) is 0 Å². The SMILES string of the molecule is CN1CCC(c2ccc(-c3ccc4ccn(C(C(=O)Nc5nccs5)c5ccccc5)c(=O)c4c3)cc2)CC1. The van der Waals surface area contributed by atoms with Gasteiger partial charge < -0.3 is 4.90 Å². The van der Waals surface area contributed by atoms with Crippen LogP contribution in [0.5, 0.6) is 0 Å². The monoisotopic (exact) mass is 534 g/mol. The average molecular weight is 535 g/mol. The summed E-state index contributed by atoms with van der Waals surface area (Å²) in [6, 6.07) is 25.2. The van der Waals surface area contributed by atoms with Gasteiger partial charge in [0.25, 0.3) is 11.5 Å². The smallest absolute Gasteiger partial charge is 0.259 e. The molecule has 1 fully saturated rings. The molecule has 0 saturated carbocycles. The van der Waals surface area contributed by atoms with Crippen molar-refractivity contribution in [2.24, 2.45) is 0 Å². The van der Waals surface area contributed by atoms with Crippen molar-refractivity contribution in [3.05, 3.63) is 118 Å². The minimum atomic E-state index is -0.829. The van der Waals surface area contributed by atoms with Crippen LogP contribution < -0.4 is 10.9 Å². The molecule has 1 aliphatic rings. The minimum Gasteiger partial charge on any atom is -0.306 e. The maximum absolute atomic E-state index is 13.9. The summed E-state index contributed by atoms with van der Waals surface area (Å²) in [4.78, 5) is 33.9. The lowest BCUT2D eigenvalue weighted by Crippen LogP contribution is -2.33. The highest BCUT2D eigenvalue weighted by Crippen LogP contribution is 2.30. The Morgan fingerprint density at radius 1 is 0.974 bits per heavy atom. The summed E-state index contributed by atoms with van der Waals surface area (Å²) >= 11 is 1.34. The van der Waals surface area contributed by atoms with E-state index in [-0.39, 0.29) is 11.5 Å². The predicted octanol–water partition coefficient (Wildman–Crippen LogP) is 6.16. The maximum Gasteiger partial charge on any atom is 0.259 e. The number of fused-ring (bicyclic) bond motifs is 1. The third-order valence-electron chi connectivity index (χ3n) is 7.67. The zero-order valence-corrected chi connectivity index (χ0v) is 22.6. The quantitative estimate of drug-likeness (QED) is 0.283. The average Bonchev–Trinajstić information content (AvgIpc) is 3.48. The number of benzene rings is 3. The highest BCUT2D eigenvalue weighted by atomic mass is 32.1. The molecular formula is C32H30N4O2S. The van der Waals surface area contributed by atoms with Crippen molar-refractivity contribution in [2.75, 3.05) is 25.5 Å². The van der Waals surface area contributed by atoms with Gasteiger partial charge in [-0.1, -0.05) is 66.7 Å². The zero-order chi connectivity index (χ0) is 26.8. The van der Waals surface area contributed by atoms with Crippen molar-refractivity contribution >= 4 is 33.1 Å². The van der Waals surface area contributed by atoms with Gasteiger partial charge in [-0.05, 0) is 78.7 Å². The second-order valence-electron chi connectivity index (χ2n) is 10.2. The molecule has 2 aromatic heterocycles. The first-order valence-electron chi connectivity index (χ1n) is 13.3. The van der Waals surface area contributed by atoms with E-state index in [2.05, 4.69) is 52.6 Å². The fourth-order valence-corrected chi connectivity index (χ4v) is 5.99. The molecule has 39 heavy (non-hydrogen) atoms. The van der Waals surface area contributed by atoms with Gasteiger partial charge in [0.15, 0.2) is 5.13 Å². The van der Waals surface area contributed by atoms with Crippen LogP contribution >= 0.6 is 11.3 Å². The van der Waals surface area contributed by atoms with Gasteiger partial charge in [0.1, 0.15) is 6.04 Å². The van der Waals surface area contributed by atoms with Gasteiger partial charge in [0, 0.05) is 23.2 Å². The molecule has 0 spiro atoms. The third-order valence-corrected chi connectivity index (χ3v) is 8.36. The standard InChI is InChI=1S/C32H30N4O2S/c1-35-17-13-24(14-18-35)22-7-9-23(10-8-22)27-12-11-25-15-19-36(31(38)28(25)21-27)29(26-5-3-2-4-6-26)30(37)34-32-33-16-20-39-32/h2-12,15-16,19-21,24,29H,13-14,17-18H2,1H3,(H,33,34,37). The predicted molar refractivity (Wildman–Crippen MR) is 158 cm³/mol. The molecule has 6 nitrogen and oxygen atoms in total. The lowest BCUT2D eigenvalue weighted by atomic mass is 9.88. The van der Waals surface area contributed by atoms with Crippen molar-refractivity contribution in [3.63, 3.8) is 0 Å². The van der Waals surface area contributed by atoms with Crippen LogP contribution in [0.3, 0.4) is 0 Å². The topological polar surface area (TPSA) is 67.2 Å². The molecule has 1 atom stereocenters. The minimum absolute atomic E-state index is 0.208. The number of nitrogens with zero attached hydrogens (tertiary/aromatic N) is 3. The second-order valence-corrected chi connectivity index (χ2v) is 11.1. The summed E-state index contributed by atoms with van der Waals surface area (Å²) in [5.74, 6) is 0.294. The first-order chi connectivity index (χ1) is 19.1. The number of likely N-dealkylation sites (tertiary alicyclic amines) is 1. The molecule has 1 unspecified atom stereocenters. The molecule has 0 bridgehead atoms. The van der Waals surface area contributed by atoms with Crippen LogP contribution in [0.15, 0.2) is 101 Å². The van der Waals surface area contributed by atoms with Gasteiger partial charge in [-0.3, -0.25) is 19.5 Å². The van der Waals surface area contributed by atoms with Crippen LogP contribution in [0, 0.1) is 0 Å². The highest BCUT2D eigenvalue weighted by molar-refractivity contribution is 7.13. The van der Waals surface area contributed by atoms with Gasteiger partial charge in [-0.2, -0.15) is 0 Å². The highest BCUT2D eigenvalue weighted by Gasteiger charge is 2.25. The fourth-order valence-electron chi connectivity index (χ4n) is 5.46. The molecule has 3 heterocycles. The van der Waals surface area contributed by atoms with Gasteiger partial charge in [0.05, 0.1) is 0 Å². The number of aromatic nitrogens is 2. The zero-order valence-electron chi connectivity index (χ0n) is 21.8. The van der Waals surface area contributed by atoms with E-state index in [1.54, 1.807) is 17.8 Å². The Hall–Kier alpha value is -4.07. The molecule has 6 rings (SSSR count). The molecule has 0 radical (unpaired) electrons. The molecule has 5 aromatic rings. The van der Waals surface area contributed by atoms with Crippen molar-refractivity contribution in [3.8, 4) is 11.1 Å². The normalized spacial score (nSPS) is 15.3. The third kappa shape index (κ3) is 5.28. The molecule has 3 aromatic carbocycles. The lowest BCUT2D eigenvalue weighted by Gasteiger charge is -2.29. The second kappa shape index (κ2) is 11.0. The number of hydrogen-bond donors (Lipinski definition) is 1. The maximum atomic E-state index is 13.9.